The van der Waals surface area contributed by atoms with E-state index < -0.39 is 11.9 Å². The van der Waals surface area contributed by atoms with Crippen molar-refractivity contribution in [3.8, 4) is 5.75 Å². The van der Waals surface area contributed by atoms with Crippen LogP contribution in [0, 0.1) is 5.92 Å². The van der Waals surface area contributed by atoms with Gasteiger partial charge in [0.15, 0.2) is 0 Å². The molecule has 0 aromatic heterocycles. The standard InChI is InChI=1S/C12H14O3/c1-3-11(8(2)12(14)15)9-5-4-6-10(13)7-9/h3-8,11,13H,1H2,2H3,(H,14,15)/t8-,11?/m1/s1. The lowest BCUT2D eigenvalue weighted by molar-refractivity contribution is -0.141. The first-order chi connectivity index (χ1) is 7.06. The highest BCUT2D eigenvalue weighted by Gasteiger charge is 2.22. The van der Waals surface area contributed by atoms with Crippen LogP contribution in [0.1, 0.15) is 18.4 Å². The number of carboxylic acid groups (broad SMARTS) is 1. The van der Waals surface area contributed by atoms with Gasteiger partial charge in [-0.1, -0.05) is 25.1 Å². The quantitative estimate of drug-likeness (QED) is 0.743. The lowest BCUT2D eigenvalue weighted by Gasteiger charge is -2.17. The number of aromatic hydroxyl groups is 1. The minimum absolute atomic E-state index is 0.136. The zero-order valence-electron chi connectivity index (χ0n) is 8.55. The summed E-state index contributed by atoms with van der Waals surface area (Å²) in [5.41, 5.74) is 0.764. The number of phenolic OH excluding ortho intramolecular Hbond substituents is 1. The molecule has 0 amide bonds. The monoisotopic (exact) mass is 206 g/mol. The number of allylic oxidation sites excluding steroid dienone is 1. The van der Waals surface area contributed by atoms with Crippen molar-refractivity contribution in [3.05, 3.63) is 42.5 Å². The number of rotatable bonds is 4. The number of aliphatic carboxylic acids is 1. The molecule has 2 atom stereocenters. The summed E-state index contributed by atoms with van der Waals surface area (Å²) in [4.78, 5) is 10.8. The second-order valence-corrected chi connectivity index (χ2v) is 3.48. The predicted molar refractivity (Wildman–Crippen MR) is 57.8 cm³/mol. The Kier molecular flexibility index (Phi) is 3.50. The molecule has 0 spiro atoms. The molecule has 0 aliphatic rings. The van der Waals surface area contributed by atoms with E-state index in [1.807, 2.05) is 0 Å². The predicted octanol–water partition coefficient (Wildman–Crippen LogP) is 2.38. The molecule has 1 rings (SSSR count). The van der Waals surface area contributed by atoms with Crippen LogP contribution in [0.3, 0.4) is 0 Å². The Balaban J connectivity index is 3.02. The maximum absolute atomic E-state index is 10.8. The summed E-state index contributed by atoms with van der Waals surface area (Å²) < 4.78 is 0. The summed E-state index contributed by atoms with van der Waals surface area (Å²) in [5.74, 6) is -1.57. The van der Waals surface area contributed by atoms with E-state index in [1.165, 1.54) is 0 Å². The minimum atomic E-state index is -0.872. The van der Waals surface area contributed by atoms with E-state index in [0.717, 1.165) is 5.56 Å². The summed E-state index contributed by atoms with van der Waals surface area (Å²) >= 11 is 0. The van der Waals surface area contributed by atoms with E-state index >= 15 is 0 Å². The van der Waals surface area contributed by atoms with E-state index in [1.54, 1.807) is 37.3 Å². The minimum Gasteiger partial charge on any atom is -0.508 e. The zero-order valence-corrected chi connectivity index (χ0v) is 8.55. The molecule has 0 heterocycles. The van der Waals surface area contributed by atoms with Gasteiger partial charge in [0.25, 0.3) is 0 Å². The van der Waals surface area contributed by atoms with Gasteiger partial charge in [-0.05, 0) is 17.7 Å². The molecule has 1 unspecified atom stereocenters. The maximum atomic E-state index is 10.8. The molecule has 3 nitrogen and oxygen atoms in total. The number of hydrogen-bond donors (Lipinski definition) is 2. The van der Waals surface area contributed by atoms with Crippen LogP contribution >= 0.6 is 0 Å². The lowest BCUT2D eigenvalue weighted by atomic mass is 9.87. The summed E-state index contributed by atoms with van der Waals surface area (Å²) in [6, 6.07) is 6.59. The Bertz CT molecular complexity index is 371. The fourth-order valence-electron chi connectivity index (χ4n) is 1.51. The number of carbonyl (C=O) groups is 1. The molecule has 0 bridgehead atoms. The van der Waals surface area contributed by atoms with E-state index in [4.69, 9.17) is 5.11 Å². The summed E-state index contributed by atoms with van der Waals surface area (Å²) in [6.07, 6.45) is 1.59. The zero-order chi connectivity index (χ0) is 11.4. The van der Waals surface area contributed by atoms with E-state index in [2.05, 4.69) is 6.58 Å². The van der Waals surface area contributed by atoms with Crippen LogP contribution in [0.4, 0.5) is 0 Å². The van der Waals surface area contributed by atoms with Crippen molar-refractivity contribution >= 4 is 5.97 Å². The first-order valence-electron chi connectivity index (χ1n) is 4.70. The third kappa shape index (κ3) is 2.59. The van der Waals surface area contributed by atoms with Crippen LogP contribution in [0.25, 0.3) is 0 Å². The van der Waals surface area contributed by atoms with Crippen molar-refractivity contribution < 1.29 is 15.0 Å². The fraction of sp³-hybridized carbons (Fsp3) is 0.250. The first kappa shape index (κ1) is 11.3. The number of carboxylic acids is 1. The van der Waals surface area contributed by atoms with Crippen molar-refractivity contribution in [1.29, 1.82) is 0 Å². The van der Waals surface area contributed by atoms with Gasteiger partial charge in [-0.3, -0.25) is 4.79 Å². The summed E-state index contributed by atoms with van der Waals surface area (Å²) in [5, 5.41) is 18.2. The molecule has 0 aliphatic carbocycles. The Hall–Kier alpha value is -1.77. The highest BCUT2D eigenvalue weighted by atomic mass is 16.4. The van der Waals surface area contributed by atoms with Crippen molar-refractivity contribution in [3.63, 3.8) is 0 Å². The highest BCUT2D eigenvalue weighted by molar-refractivity contribution is 5.71. The van der Waals surface area contributed by atoms with Gasteiger partial charge in [0.2, 0.25) is 0 Å². The Labute approximate surface area is 88.7 Å². The number of hydrogen-bond acceptors (Lipinski definition) is 2. The van der Waals surface area contributed by atoms with Gasteiger partial charge in [-0.25, -0.2) is 0 Å². The lowest BCUT2D eigenvalue weighted by Crippen LogP contribution is -2.17. The van der Waals surface area contributed by atoms with Gasteiger partial charge in [-0.15, -0.1) is 6.58 Å². The highest BCUT2D eigenvalue weighted by Crippen LogP contribution is 2.28. The largest absolute Gasteiger partial charge is 0.508 e. The van der Waals surface area contributed by atoms with Gasteiger partial charge in [0.05, 0.1) is 5.92 Å². The maximum Gasteiger partial charge on any atom is 0.307 e. The summed E-state index contributed by atoms with van der Waals surface area (Å²) in [6.45, 7) is 5.25. The molecule has 0 aliphatic heterocycles. The van der Waals surface area contributed by atoms with Crippen molar-refractivity contribution in [2.75, 3.05) is 0 Å². The van der Waals surface area contributed by atoms with Gasteiger partial charge in [0.1, 0.15) is 5.75 Å². The van der Waals surface area contributed by atoms with E-state index in [-0.39, 0.29) is 11.7 Å². The van der Waals surface area contributed by atoms with Crippen molar-refractivity contribution in [2.45, 2.75) is 12.8 Å². The molecule has 0 fully saturated rings. The average molecular weight is 206 g/mol. The molecule has 3 heteroatoms. The normalized spacial score (nSPS) is 14.2. The van der Waals surface area contributed by atoms with Crippen LogP contribution in [0.15, 0.2) is 36.9 Å². The Morgan fingerprint density at radius 1 is 1.53 bits per heavy atom. The second kappa shape index (κ2) is 4.64. The first-order valence-corrected chi connectivity index (χ1v) is 4.70. The van der Waals surface area contributed by atoms with Crippen LogP contribution in [0.2, 0.25) is 0 Å². The van der Waals surface area contributed by atoms with Crippen molar-refractivity contribution in [2.24, 2.45) is 5.92 Å². The van der Waals surface area contributed by atoms with Crippen LogP contribution in [-0.4, -0.2) is 16.2 Å². The fourth-order valence-corrected chi connectivity index (χ4v) is 1.51. The third-order valence-corrected chi connectivity index (χ3v) is 2.44. The smallest absolute Gasteiger partial charge is 0.307 e. The molecular weight excluding hydrogens is 192 g/mol. The SMILES string of the molecule is C=CC(c1cccc(O)c1)[C@@H](C)C(=O)O. The molecule has 0 saturated heterocycles. The molecule has 2 N–H and O–H groups in total. The number of benzene rings is 1. The third-order valence-electron chi connectivity index (χ3n) is 2.44. The van der Waals surface area contributed by atoms with Crippen molar-refractivity contribution in [1.82, 2.24) is 0 Å². The molecule has 1 aromatic carbocycles. The van der Waals surface area contributed by atoms with Crippen LogP contribution < -0.4 is 0 Å². The molecule has 80 valence electrons. The molecular formula is C12H14O3. The average Bonchev–Trinajstić information content (AvgIpc) is 2.18. The van der Waals surface area contributed by atoms with Gasteiger partial charge < -0.3 is 10.2 Å². The number of phenols is 1. The molecule has 15 heavy (non-hydrogen) atoms. The second-order valence-electron chi connectivity index (χ2n) is 3.48. The Morgan fingerprint density at radius 2 is 2.20 bits per heavy atom. The van der Waals surface area contributed by atoms with E-state index in [9.17, 15) is 9.90 Å². The van der Waals surface area contributed by atoms with Crippen LogP contribution in [-0.2, 0) is 4.79 Å². The molecule has 0 saturated carbocycles. The Morgan fingerprint density at radius 3 is 2.67 bits per heavy atom. The van der Waals surface area contributed by atoms with Gasteiger partial charge in [0, 0.05) is 5.92 Å². The summed E-state index contributed by atoms with van der Waals surface area (Å²) in [7, 11) is 0. The van der Waals surface area contributed by atoms with Gasteiger partial charge in [-0.2, -0.15) is 0 Å². The van der Waals surface area contributed by atoms with E-state index in [0.29, 0.717) is 0 Å². The molecule has 1 aromatic rings. The van der Waals surface area contributed by atoms with Crippen LogP contribution in [0.5, 0.6) is 5.75 Å². The molecule has 0 radical (unpaired) electrons. The topological polar surface area (TPSA) is 57.5 Å². The van der Waals surface area contributed by atoms with Gasteiger partial charge >= 0.3 is 5.97 Å².